The number of benzene rings is 2. The quantitative estimate of drug-likeness (QED) is 0.280. The lowest BCUT2D eigenvalue weighted by molar-refractivity contribution is -0.118. The van der Waals surface area contributed by atoms with Gasteiger partial charge >= 0.3 is 0 Å². The lowest BCUT2D eigenvalue weighted by Crippen LogP contribution is -2.19. The summed E-state index contributed by atoms with van der Waals surface area (Å²) in [5.41, 5.74) is 4.34. The van der Waals surface area contributed by atoms with Gasteiger partial charge in [0.15, 0.2) is 8.68 Å². The Kier molecular flexibility index (Phi) is 8.36. The minimum atomic E-state index is -0.221. The number of carbonyl (C=O) groups is 1. The molecule has 3 aromatic rings. The second-order valence-electron chi connectivity index (χ2n) is 5.54. The molecular formula is C19H17ClN4O2S3. The van der Waals surface area contributed by atoms with Crippen molar-refractivity contribution in [3.8, 4) is 5.75 Å². The molecule has 150 valence electrons. The first kappa shape index (κ1) is 21.6. The zero-order chi connectivity index (χ0) is 20.5. The van der Waals surface area contributed by atoms with Gasteiger partial charge in [0.05, 0.1) is 19.1 Å². The molecule has 1 heterocycles. The maximum Gasteiger partial charge on any atom is 0.250 e. The van der Waals surface area contributed by atoms with E-state index in [0.29, 0.717) is 5.75 Å². The number of hydrogen-bond donors (Lipinski definition) is 1. The molecule has 0 radical (unpaired) electrons. The number of thioether (sulfide) groups is 2. The number of para-hydroxylation sites is 1. The van der Waals surface area contributed by atoms with Crippen molar-refractivity contribution in [3.05, 3.63) is 64.7 Å². The van der Waals surface area contributed by atoms with Crippen molar-refractivity contribution in [2.45, 2.75) is 14.4 Å². The molecule has 10 heteroatoms. The van der Waals surface area contributed by atoms with E-state index in [9.17, 15) is 4.79 Å². The predicted molar refractivity (Wildman–Crippen MR) is 120 cm³/mol. The normalized spacial score (nSPS) is 11.0. The molecule has 3 rings (SSSR count). The maximum atomic E-state index is 12.0. The Morgan fingerprint density at radius 2 is 1.90 bits per heavy atom. The van der Waals surface area contributed by atoms with Crippen LogP contribution >= 0.6 is 46.5 Å². The highest BCUT2D eigenvalue weighted by Gasteiger charge is 2.09. The number of carbonyl (C=O) groups excluding carboxylic acids is 1. The van der Waals surface area contributed by atoms with Gasteiger partial charge in [-0.3, -0.25) is 4.79 Å². The minimum absolute atomic E-state index is 0.201. The smallest absolute Gasteiger partial charge is 0.250 e. The van der Waals surface area contributed by atoms with Crippen LogP contribution in [-0.4, -0.2) is 35.2 Å². The summed E-state index contributed by atoms with van der Waals surface area (Å²) in [7, 11) is 1.59. The first-order valence-corrected chi connectivity index (χ1v) is 11.6. The lowest BCUT2D eigenvalue weighted by atomic mass is 10.2. The van der Waals surface area contributed by atoms with Crippen LogP contribution in [0.3, 0.4) is 0 Å². The van der Waals surface area contributed by atoms with Crippen LogP contribution in [0, 0.1) is 0 Å². The van der Waals surface area contributed by atoms with E-state index in [2.05, 4.69) is 20.7 Å². The Balaban J connectivity index is 1.44. The van der Waals surface area contributed by atoms with E-state index in [-0.39, 0.29) is 11.7 Å². The Labute approximate surface area is 186 Å². The average Bonchev–Trinajstić information content (AvgIpc) is 3.20. The van der Waals surface area contributed by atoms with Gasteiger partial charge in [-0.1, -0.05) is 76.8 Å². The first-order chi connectivity index (χ1) is 14.2. The number of nitrogens with one attached hydrogen (secondary N) is 1. The molecule has 1 N–H and O–H groups in total. The largest absolute Gasteiger partial charge is 0.496 e. The van der Waals surface area contributed by atoms with E-state index >= 15 is 0 Å². The second kappa shape index (κ2) is 11.2. The topological polar surface area (TPSA) is 76.5 Å². The van der Waals surface area contributed by atoms with Gasteiger partial charge < -0.3 is 4.74 Å². The van der Waals surface area contributed by atoms with Crippen molar-refractivity contribution in [2.24, 2.45) is 5.10 Å². The summed E-state index contributed by atoms with van der Waals surface area (Å²) in [5, 5.41) is 13.0. The van der Waals surface area contributed by atoms with Crippen LogP contribution in [0.15, 0.2) is 62.3 Å². The highest BCUT2D eigenvalue weighted by Crippen LogP contribution is 2.32. The number of hydrogen-bond acceptors (Lipinski definition) is 8. The van der Waals surface area contributed by atoms with E-state index in [1.807, 2.05) is 48.5 Å². The predicted octanol–water partition coefficient (Wildman–Crippen LogP) is 4.73. The molecule has 0 saturated heterocycles. The molecule has 0 bridgehead atoms. The summed E-state index contributed by atoms with van der Waals surface area (Å²) < 4.78 is 6.80. The van der Waals surface area contributed by atoms with Gasteiger partial charge in [-0.2, -0.15) is 5.10 Å². The molecule has 0 atom stereocenters. The van der Waals surface area contributed by atoms with Gasteiger partial charge in [0.2, 0.25) is 0 Å². The van der Waals surface area contributed by atoms with Gasteiger partial charge in [-0.05, 0) is 23.8 Å². The average molecular weight is 465 g/mol. The summed E-state index contributed by atoms with van der Waals surface area (Å²) in [6, 6.07) is 15.1. The molecule has 0 unspecified atom stereocenters. The van der Waals surface area contributed by atoms with Gasteiger partial charge in [0.1, 0.15) is 5.75 Å². The van der Waals surface area contributed by atoms with Crippen LogP contribution in [0.25, 0.3) is 0 Å². The highest BCUT2D eigenvalue weighted by atomic mass is 35.5. The number of aromatic nitrogens is 2. The molecule has 0 fully saturated rings. The maximum absolute atomic E-state index is 12.0. The molecule has 1 aromatic heterocycles. The van der Waals surface area contributed by atoms with E-state index in [1.165, 1.54) is 23.1 Å². The van der Waals surface area contributed by atoms with Crippen LogP contribution in [0.5, 0.6) is 5.75 Å². The van der Waals surface area contributed by atoms with E-state index in [4.69, 9.17) is 16.3 Å². The molecule has 0 aliphatic heterocycles. The van der Waals surface area contributed by atoms with Crippen LogP contribution in [-0.2, 0) is 10.5 Å². The molecule has 1 amide bonds. The molecule has 2 aromatic carbocycles. The summed E-state index contributed by atoms with van der Waals surface area (Å²) >= 11 is 10.5. The molecule has 0 spiro atoms. The van der Waals surface area contributed by atoms with Crippen LogP contribution in [0.4, 0.5) is 0 Å². The van der Waals surface area contributed by atoms with E-state index in [0.717, 1.165) is 30.6 Å². The van der Waals surface area contributed by atoms with Crippen LogP contribution in [0.2, 0.25) is 5.02 Å². The standard InChI is InChI=1S/C19H17ClN4O2S3/c1-26-16-9-5-3-6-13(16)10-21-22-17(25)12-28-19-24-23-18(29-19)27-11-14-7-2-4-8-15(14)20/h2-10H,11-12H2,1H3,(H,22,25)/b21-10-. The Hall–Kier alpha value is -2.07. The van der Waals surface area contributed by atoms with Gasteiger partial charge in [0.25, 0.3) is 5.91 Å². The molecular weight excluding hydrogens is 448 g/mol. The molecule has 0 aliphatic rings. The minimum Gasteiger partial charge on any atom is -0.496 e. The van der Waals surface area contributed by atoms with Gasteiger partial charge in [0, 0.05) is 16.3 Å². The van der Waals surface area contributed by atoms with Crippen molar-refractivity contribution in [1.82, 2.24) is 15.6 Å². The lowest BCUT2D eigenvalue weighted by Gasteiger charge is -2.03. The van der Waals surface area contributed by atoms with Crippen LogP contribution < -0.4 is 10.2 Å². The third kappa shape index (κ3) is 6.74. The van der Waals surface area contributed by atoms with Crippen molar-refractivity contribution in [3.63, 3.8) is 0 Å². The number of amides is 1. The fourth-order valence-corrected chi connectivity index (χ4v) is 5.27. The zero-order valence-corrected chi connectivity index (χ0v) is 18.6. The Bertz CT molecular complexity index is 997. The number of nitrogens with zero attached hydrogens (tertiary/aromatic N) is 3. The van der Waals surface area contributed by atoms with Gasteiger partial charge in [-0.25, -0.2) is 5.43 Å². The third-order valence-electron chi connectivity index (χ3n) is 3.56. The fourth-order valence-electron chi connectivity index (χ4n) is 2.18. The number of ether oxygens (including phenoxy) is 1. The molecule has 6 nitrogen and oxygen atoms in total. The summed E-state index contributed by atoms with van der Waals surface area (Å²) in [4.78, 5) is 12.0. The second-order valence-corrected chi connectivity index (χ2v) is 9.37. The molecule has 0 saturated carbocycles. The third-order valence-corrected chi connectivity index (χ3v) is 7.16. The van der Waals surface area contributed by atoms with E-state index < -0.39 is 0 Å². The Morgan fingerprint density at radius 1 is 1.17 bits per heavy atom. The number of hydrazone groups is 1. The molecule has 0 aliphatic carbocycles. The first-order valence-electron chi connectivity index (χ1n) is 8.43. The van der Waals surface area contributed by atoms with Crippen molar-refractivity contribution >= 4 is 58.6 Å². The number of halogens is 1. The summed E-state index contributed by atoms with van der Waals surface area (Å²) in [6.07, 6.45) is 1.55. The van der Waals surface area contributed by atoms with Crippen molar-refractivity contribution in [2.75, 3.05) is 12.9 Å². The number of rotatable bonds is 9. The zero-order valence-electron chi connectivity index (χ0n) is 15.4. The van der Waals surface area contributed by atoms with Crippen molar-refractivity contribution < 1.29 is 9.53 Å². The number of methoxy groups -OCH3 is 1. The monoisotopic (exact) mass is 464 g/mol. The van der Waals surface area contributed by atoms with E-state index in [1.54, 1.807) is 25.1 Å². The van der Waals surface area contributed by atoms with Crippen molar-refractivity contribution in [1.29, 1.82) is 0 Å². The SMILES string of the molecule is COc1ccccc1/C=N\NC(=O)CSc1nnc(SCc2ccccc2Cl)s1. The summed E-state index contributed by atoms with van der Waals surface area (Å²) in [6.45, 7) is 0. The Morgan fingerprint density at radius 3 is 2.69 bits per heavy atom. The fraction of sp³-hybridized carbons (Fsp3) is 0.158. The van der Waals surface area contributed by atoms with Gasteiger partial charge in [-0.15, -0.1) is 10.2 Å². The summed E-state index contributed by atoms with van der Waals surface area (Å²) in [5.74, 6) is 1.39. The highest BCUT2D eigenvalue weighted by molar-refractivity contribution is 8.03. The molecule has 29 heavy (non-hydrogen) atoms. The van der Waals surface area contributed by atoms with Crippen LogP contribution in [0.1, 0.15) is 11.1 Å².